The number of ether oxygens (including phenoxy) is 1. The zero-order valence-electron chi connectivity index (χ0n) is 18.6. The fraction of sp³-hybridized carbons (Fsp3) is 0.115. The van der Waals surface area contributed by atoms with Crippen molar-refractivity contribution < 1.29 is 4.74 Å². The lowest BCUT2D eigenvalue weighted by molar-refractivity contribution is 0.340. The molecule has 0 atom stereocenters. The molecule has 8 heteroatoms. The molecule has 0 aliphatic carbocycles. The van der Waals surface area contributed by atoms with Crippen LogP contribution in [0.3, 0.4) is 0 Å². The zero-order valence-corrected chi connectivity index (χ0v) is 20.2. The number of benzene rings is 2. The zero-order chi connectivity index (χ0) is 23.7. The number of hydrogen-bond acceptors (Lipinski definition) is 6. The molecule has 0 radical (unpaired) electrons. The molecule has 0 saturated carbocycles. The van der Waals surface area contributed by atoms with Gasteiger partial charge in [-0.05, 0) is 60.8 Å². The predicted molar refractivity (Wildman–Crippen MR) is 137 cm³/mol. The molecule has 34 heavy (non-hydrogen) atoms. The van der Waals surface area contributed by atoms with Crippen molar-refractivity contribution in [2.45, 2.75) is 6.92 Å². The highest BCUT2D eigenvalue weighted by Gasteiger charge is 2.18. The quantitative estimate of drug-likeness (QED) is 0.380. The molecule has 0 unspecified atom stereocenters. The van der Waals surface area contributed by atoms with Gasteiger partial charge in [-0.2, -0.15) is 5.26 Å². The predicted octanol–water partition coefficient (Wildman–Crippen LogP) is 3.80. The van der Waals surface area contributed by atoms with Gasteiger partial charge in [0.1, 0.15) is 22.1 Å². The Morgan fingerprint density at radius 1 is 1.15 bits per heavy atom. The van der Waals surface area contributed by atoms with Crippen LogP contribution in [0.25, 0.3) is 28.4 Å². The van der Waals surface area contributed by atoms with Crippen LogP contribution in [0.5, 0.6) is 5.75 Å². The summed E-state index contributed by atoms with van der Waals surface area (Å²) >= 11 is 2.86. The number of thiophene rings is 1. The first kappa shape index (κ1) is 21.9. The first-order valence-corrected chi connectivity index (χ1v) is 12.4. The lowest BCUT2D eigenvalue weighted by Crippen LogP contribution is -2.31. The Morgan fingerprint density at radius 2 is 1.94 bits per heavy atom. The average Bonchev–Trinajstić information content (AvgIpc) is 3.56. The van der Waals surface area contributed by atoms with Crippen molar-refractivity contribution >= 4 is 45.4 Å². The largest absolute Gasteiger partial charge is 0.494 e. The van der Waals surface area contributed by atoms with Crippen molar-refractivity contribution in [1.29, 1.82) is 5.26 Å². The van der Waals surface area contributed by atoms with E-state index in [1.807, 2.05) is 90.7 Å². The molecule has 0 saturated heterocycles. The van der Waals surface area contributed by atoms with E-state index in [1.165, 1.54) is 11.3 Å². The van der Waals surface area contributed by atoms with Gasteiger partial charge in [0, 0.05) is 11.9 Å². The summed E-state index contributed by atoms with van der Waals surface area (Å²) in [6, 6.07) is 21.3. The van der Waals surface area contributed by atoms with E-state index < -0.39 is 0 Å². The van der Waals surface area contributed by atoms with Crippen LogP contribution in [0, 0.1) is 11.3 Å². The van der Waals surface area contributed by atoms with Crippen molar-refractivity contribution in [2.24, 2.45) is 7.05 Å². The number of nitrogens with zero attached hydrogens (tertiary/aromatic N) is 4. The minimum atomic E-state index is -0.177. The van der Waals surface area contributed by atoms with Gasteiger partial charge in [0.05, 0.1) is 27.9 Å². The van der Waals surface area contributed by atoms with Gasteiger partial charge < -0.3 is 9.30 Å². The summed E-state index contributed by atoms with van der Waals surface area (Å²) < 4.78 is 10.1. The summed E-state index contributed by atoms with van der Waals surface area (Å²) in [5, 5.41) is 12.2. The Morgan fingerprint density at radius 3 is 2.62 bits per heavy atom. The highest BCUT2D eigenvalue weighted by Crippen LogP contribution is 2.19. The average molecular weight is 485 g/mol. The Balaban J connectivity index is 1.84. The van der Waals surface area contributed by atoms with Crippen molar-refractivity contribution in [3.8, 4) is 17.5 Å². The van der Waals surface area contributed by atoms with E-state index in [0.717, 1.165) is 21.7 Å². The molecule has 0 amide bonds. The van der Waals surface area contributed by atoms with Gasteiger partial charge in [0.25, 0.3) is 5.56 Å². The molecule has 5 rings (SSSR count). The highest BCUT2D eigenvalue weighted by atomic mass is 32.1. The number of rotatable bonds is 5. The standard InChI is InChI=1S/C26H20N4O2S2/c1-3-32-18-12-10-17(11-13-18)30-25(31)23(15-19-7-6-14-33-19)34-26(30)20(16-27)24-28-21-8-4-5-9-22(21)29(24)2/h4-15H,3H2,1-2H3/b23-15-,26-20-. The molecule has 168 valence electrons. The summed E-state index contributed by atoms with van der Waals surface area (Å²) in [5.41, 5.74) is 2.55. The third-order valence-corrected chi connectivity index (χ3v) is 7.29. The summed E-state index contributed by atoms with van der Waals surface area (Å²) in [6.07, 6.45) is 1.87. The van der Waals surface area contributed by atoms with Crippen molar-refractivity contribution in [2.75, 3.05) is 6.61 Å². The second-order valence-electron chi connectivity index (χ2n) is 7.47. The molecule has 3 aromatic heterocycles. The van der Waals surface area contributed by atoms with Gasteiger partial charge in [-0.1, -0.05) is 18.2 Å². The van der Waals surface area contributed by atoms with Crippen LogP contribution in [-0.2, 0) is 7.05 Å². The SMILES string of the molecule is CCOc1ccc(-n2c(=O)/c(=C/c3cccs3)s/c2=C(/C#N)c2nc3ccccc3n2C)cc1. The lowest BCUT2D eigenvalue weighted by atomic mass is 10.2. The summed E-state index contributed by atoms with van der Waals surface area (Å²) in [7, 11) is 1.88. The van der Waals surface area contributed by atoms with Crippen LogP contribution in [0.15, 0.2) is 70.8 Å². The lowest BCUT2D eigenvalue weighted by Gasteiger charge is -2.07. The van der Waals surface area contributed by atoms with E-state index in [2.05, 4.69) is 6.07 Å². The maximum Gasteiger partial charge on any atom is 0.273 e. The summed E-state index contributed by atoms with van der Waals surface area (Å²) in [5.74, 6) is 1.24. The van der Waals surface area contributed by atoms with E-state index in [4.69, 9.17) is 9.72 Å². The number of thiazole rings is 1. The molecule has 0 N–H and O–H groups in total. The minimum Gasteiger partial charge on any atom is -0.494 e. The van der Waals surface area contributed by atoms with E-state index in [1.54, 1.807) is 15.9 Å². The van der Waals surface area contributed by atoms with Crippen molar-refractivity contribution in [3.63, 3.8) is 0 Å². The van der Waals surface area contributed by atoms with Crippen molar-refractivity contribution in [3.05, 3.63) is 96.3 Å². The van der Waals surface area contributed by atoms with Gasteiger partial charge in [-0.25, -0.2) is 4.98 Å². The Hall–Kier alpha value is -3.93. The first-order chi connectivity index (χ1) is 16.6. The Labute approximate surface area is 203 Å². The van der Waals surface area contributed by atoms with Crippen LogP contribution in [0.1, 0.15) is 17.6 Å². The fourth-order valence-corrected chi connectivity index (χ4v) is 5.63. The van der Waals surface area contributed by atoms with Gasteiger partial charge in [-0.15, -0.1) is 22.7 Å². The first-order valence-electron chi connectivity index (χ1n) is 10.7. The molecule has 0 aliphatic heterocycles. The highest BCUT2D eigenvalue weighted by molar-refractivity contribution is 7.11. The number of aromatic nitrogens is 3. The van der Waals surface area contributed by atoms with E-state index in [0.29, 0.717) is 32.9 Å². The molecule has 5 aromatic rings. The number of aryl methyl sites for hydroxylation is 1. The van der Waals surface area contributed by atoms with Crippen LogP contribution < -0.4 is 19.5 Å². The van der Waals surface area contributed by atoms with E-state index in [9.17, 15) is 10.1 Å². The van der Waals surface area contributed by atoms with Gasteiger partial charge >= 0.3 is 0 Å². The number of hydrogen-bond donors (Lipinski definition) is 0. The summed E-state index contributed by atoms with van der Waals surface area (Å²) in [4.78, 5) is 19.3. The number of nitriles is 1. The molecular weight excluding hydrogens is 464 g/mol. The van der Waals surface area contributed by atoms with E-state index in [-0.39, 0.29) is 5.56 Å². The van der Waals surface area contributed by atoms with Crippen molar-refractivity contribution in [1.82, 2.24) is 14.1 Å². The fourth-order valence-electron chi connectivity index (χ4n) is 3.81. The molecule has 0 fully saturated rings. The maximum atomic E-state index is 13.6. The molecule has 0 bridgehead atoms. The third kappa shape index (κ3) is 3.85. The molecule has 0 spiro atoms. The van der Waals surface area contributed by atoms with Gasteiger partial charge in [-0.3, -0.25) is 9.36 Å². The van der Waals surface area contributed by atoms with Crippen LogP contribution >= 0.6 is 22.7 Å². The number of para-hydroxylation sites is 2. The second-order valence-corrected chi connectivity index (χ2v) is 9.48. The molecule has 0 aliphatic rings. The normalized spacial score (nSPS) is 12.7. The molecule has 2 aromatic carbocycles. The maximum absolute atomic E-state index is 13.6. The molecule has 3 heterocycles. The van der Waals surface area contributed by atoms with Gasteiger partial charge in [0.2, 0.25) is 0 Å². The second kappa shape index (κ2) is 9.14. The molecule has 6 nitrogen and oxygen atoms in total. The van der Waals surface area contributed by atoms with Gasteiger partial charge in [0.15, 0.2) is 5.82 Å². The number of imidazole rings is 1. The Kier molecular flexibility index (Phi) is 5.88. The molecular formula is C26H20N4O2S2. The Bertz CT molecular complexity index is 1700. The van der Waals surface area contributed by atoms with Crippen LogP contribution in [-0.4, -0.2) is 20.7 Å². The minimum absolute atomic E-state index is 0.177. The van der Waals surface area contributed by atoms with E-state index >= 15 is 0 Å². The van der Waals surface area contributed by atoms with Crippen LogP contribution in [0.4, 0.5) is 0 Å². The topological polar surface area (TPSA) is 72.8 Å². The number of fused-ring (bicyclic) bond motifs is 1. The monoisotopic (exact) mass is 484 g/mol. The van der Waals surface area contributed by atoms with Crippen LogP contribution in [0.2, 0.25) is 0 Å². The third-order valence-electron chi connectivity index (χ3n) is 5.38. The smallest absolute Gasteiger partial charge is 0.273 e. The summed E-state index contributed by atoms with van der Waals surface area (Å²) in [6.45, 7) is 2.48.